The molecule has 0 rings (SSSR count). The van der Waals surface area contributed by atoms with Crippen molar-refractivity contribution in [3.05, 3.63) is 60.8 Å². The van der Waals surface area contributed by atoms with Crippen LogP contribution >= 0.6 is 0 Å². The second-order valence-corrected chi connectivity index (χ2v) is 20.9. The van der Waals surface area contributed by atoms with Gasteiger partial charge in [-0.05, 0) is 77.0 Å². The zero-order chi connectivity index (χ0) is 52.0. The van der Waals surface area contributed by atoms with Crippen molar-refractivity contribution in [2.75, 3.05) is 47.5 Å². The minimum absolute atomic E-state index is 0.147. The molecule has 0 aliphatic rings. The highest BCUT2D eigenvalue weighted by molar-refractivity contribution is 5.70. The third-order valence-corrected chi connectivity index (χ3v) is 12.7. The Balaban J connectivity index is 4.21. The molecule has 0 aromatic heterocycles. The van der Waals surface area contributed by atoms with Gasteiger partial charge in [0.2, 0.25) is 0 Å². The SMILES string of the molecule is CC/C=C\C/C=C\C/C=C\C/C=C\CCCCCCCCCCCCCCCCC(=O)OC(COC(=O)CCCCCCCCCCC/C=C\CCCCCCCC)COC(OCC[N+](C)(C)C)C(=O)[O-]. The van der Waals surface area contributed by atoms with Gasteiger partial charge >= 0.3 is 11.9 Å². The number of carboxylic acids is 1. The van der Waals surface area contributed by atoms with Crippen molar-refractivity contribution in [2.24, 2.45) is 0 Å². The van der Waals surface area contributed by atoms with Gasteiger partial charge in [0.15, 0.2) is 12.4 Å². The Morgan fingerprint density at radius 1 is 0.437 bits per heavy atom. The molecule has 0 saturated heterocycles. The van der Waals surface area contributed by atoms with E-state index in [1.807, 2.05) is 21.1 Å². The summed E-state index contributed by atoms with van der Waals surface area (Å²) in [4.78, 5) is 37.3. The summed E-state index contributed by atoms with van der Waals surface area (Å²) >= 11 is 0. The van der Waals surface area contributed by atoms with E-state index in [-0.39, 0.29) is 32.2 Å². The number of ether oxygens (including phenoxy) is 4. The van der Waals surface area contributed by atoms with E-state index in [2.05, 4.69) is 74.6 Å². The highest BCUT2D eigenvalue weighted by Crippen LogP contribution is 2.16. The van der Waals surface area contributed by atoms with Crippen molar-refractivity contribution in [3.8, 4) is 0 Å². The predicted octanol–water partition coefficient (Wildman–Crippen LogP) is 15.9. The summed E-state index contributed by atoms with van der Waals surface area (Å²) in [7, 11) is 5.92. The predicted molar refractivity (Wildman–Crippen MR) is 297 cm³/mol. The van der Waals surface area contributed by atoms with E-state index in [4.69, 9.17) is 18.9 Å². The molecule has 0 heterocycles. The van der Waals surface area contributed by atoms with Crippen LogP contribution in [0.15, 0.2) is 60.8 Å². The normalized spacial score (nSPS) is 13.2. The van der Waals surface area contributed by atoms with Crippen molar-refractivity contribution in [1.29, 1.82) is 0 Å². The molecule has 2 unspecified atom stereocenters. The molecule has 2 atom stereocenters. The van der Waals surface area contributed by atoms with Crippen LogP contribution in [-0.4, -0.2) is 82.3 Å². The molecule has 0 radical (unpaired) electrons. The molecule has 0 aromatic rings. The summed E-state index contributed by atoms with van der Waals surface area (Å²) in [6.07, 6.45) is 64.1. The number of aliphatic carboxylic acids is 1. The summed E-state index contributed by atoms with van der Waals surface area (Å²) in [5.74, 6) is -2.28. The minimum Gasteiger partial charge on any atom is -0.545 e. The summed E-state index contributed by atoms with van der Waals surface area (Å²) in [5.41, 5.74) is 0. The van der Waals surface area contributed by atoms with Crippen molar-refractivity contribution in [2.45, 2.75) is 270 Å². The molecule has 412 valence electrons. The van der Waals surface area contributed by atoms with Gasteiger partial charge in [-0.15, -0.1) is 0 Å². The van der Waals surface area contributed by atoms with E-state index in [1.54, 1.807) is 0 Å². The molecule has 0 saturated carbocycles. The summed E-state index contributed by atoms with van der Waals surface area (Å²) in [6.45, 7) is 4.65. The highest BCUT2D eigenvalue weighted by Gasteiger charge is 2.22. The molecule has 0 bridgehead atoms. The van der Waals surface area contributed by atoms with Crippen molar-refractivity contribution in [3.63, 3.8) is 0 Å². The van der Waals surface area contributed by atoms with Crippen LogP contribution in [-0.2, 0) is 33.3 Å². The summed E-state index contributed by atoms with van der Waals surface area (Å²) in [5, 5.41) is 11.8. The molecular formula is C62H111NO8. The number of hydrogen-bond acceptors (Lipinski definition) is 8. The first-order valence-electron chi connectivity index (χ1n) is 29.4. The maximum atomic E-state index is 12.9. The molecule has 9 heteroatoms. The fraction of sp³-hybridized carbons (Fsp3) is 0.790. The maximum absolute atomic E-state index is 12.9. The van der Waals surface area contributed by atoms with Crippen LogP contribution in [0.1, 0.15) is 258 Å². The lowest BCUT2D eigenvalue weighted by molar-refractivity contribution is -0.870. The molecule has 0 aromatic carbocycles. The number of quaternary nitrogens is 1. The third-order valence-electron chi connectivity index (χ3n) is 12.7. The molecule has 0 aliphatic carbocycles. The first-order valence-corrected chi connectivity index (χ1v) is 29.4. The Bertz CT molecular complexity index is 1350. The lowest BCUT2D eigenvalue weighted by Crippen LogP contribution is -2.44. The lowest BCUT2D eigenvalue weighted by Gasteiger charge is -2.26. The van der Waals surface area contributed by atoms with E-state index >= 15 is 0 Å². The minimum atomic E-state index is -1.62. The van der Waals surface area contributed by atoms with E-state index in [0.717, 1.165) is 64.2 Å². The number of carboxylic acid groups (broad SMARTS) is 1. The van der Waals surface area contributed by atoms with Crippen molar-refractivity contribution >= 4 is 17.9 Å². The third kappa shape index (κ3) is 54.6. The second-order valence-electron chi connectivity index (χ2n) is 20.9. The van der Waals surface area contributed by atoms with Crippen LogP contribution < -0.4 is 5.11 Å². The number of likely N-dealkylation sites (N-methyl/N-ethyl adjacent to an activating group) is 1. The number of carbonyl (C=O) groups excluding carboxylic acids is 3. The number of hydrogen-bond donors (Lipinski definition) is 0. The van der Waals surface area contributed by atoms with Crippen molar-refractivity contribution < 1.29 is 42.9 Å². The fourth-order valence-corrected chi connectivity index (χ4v) is 8.23. The lowest BCUT2D eigenvalue weighted by atomic mass is 10.0. The molecular weight excluding hydrogens is 887 g/mol. The molecule has 0 N–H and O–H groups in total. The van der Waals surface area contributed by atoms with Gasteiger partial charge in [-0.2, -0.15) is 0 Å². The average molecular weight is 999 g/mol. The first kappa shape index (κ1) is 68.0. The Morgan fingerprint density at radius 3 is 1.21 bits per heavy atom. The van der Waals surface area contributed by atoms with Crippen LogP contribution in [0.4, 0.5) is 0 Å². The number of esters is 2. The second kappa shape index (κ2) is 53.3. The molecule has 71 heavy (non-hydrogen) atoms. The van der Waals surface area contributed by atoms with Gasteiger partial charge in [-0.3, -0.25) is 9.59 Å². The first-order chi connectivity index (χ1) is 34.6. The Morgan fingerprint density at radius 2 is 0.803 bits per heavy atom. The van der Waals surface area contributed by atoms with E-state index in [9.17, 15) is 19.5 Å². The van der Waals surface area contributed by atoms with Gasteiger partial charge in [0.1, 0.15) is 13.2 Å². The highest BCUT2D eigenvalue weighted by atomic mass is 16.7. The van der Waals surface area contributed by atoms with E-state index in [1.165, 1.54) is 161 Å². The molecule has 0 spiro atoms. The maximum Gasteiger partial charge on any atom is 0.306 e. The van der Waals surface area contributed by atoms with Gasteiger partial charge < -0.3 is 33.3 Å². The molecule has 0 aliphatic heterocycles. The van der Waals surface area contributed by atoms with Gasteiger partial charge in [0.05, 0.1) is 40.3 Å². The van der Waals surface area contributed by atoms with E-state index in [0.29, 0.717) is 23.9 Å². The molecule has 0 fully saturated rings. The topological polar surface area (TPSA) is 111 Å². The number of allylic oxidation sites excluding steroid dienone is 10. The van der Waals surface area contributed by atoms with Crippen LogP contribution in [0.2, 0.25) is 0 Å². The van der Waals surface area contributed by atoms with Crippen LogP contribution in [0, 0.1) is 0 Å². The molecule has 9 nitrogen and oxygen atoms in total. The number of carbonyl (C=O) groups is 3. The van der Waals surface area contributed by atoms with Crippen LogP contribution in [0.25, 0.3) is 0 Å². The Hall–Kier alpha value is -3.01. The zero-order valence-electron chi connectivity index (χ0n) is 46.8. The van der Waals surface area contributed by atoms with Crippen LogP contribution in [0.3, 0.4) is 0 Å². The number of rotatable bonds is 54. The largest absolute Gasteiger partial charge is 0.545 e. The molecule has 0 amide bonds. The summed E-state index contributed by atoms with van der Waals surface area (Å²) < 4.78 is 22.7. The van der Waals surface area contributed by atoms with Gasteiger partial charge in [0.25, 0.3) is 0 Å². The zero-order valence-corrected chi connectivity index (χ0v) is 46.8. The quantitative estimate of drug-likeness (QED) is 0.0195. The van der Waals surface area contributed by atoms with E-state index < -0.39 is 24.3 Å². The van der Waals surface area contributed by atoms with Gasteiger partial charge in [-0.25, -0.2) is 0 Å². The van der Waals surface area contributed by atoms with Gasteiger partial charge in [-0.1, -0.05) is 229 Å². The Kier molecular flexibility index (Phi) is 51.0. The monoisotopic (exact) mass is 998 g/mol. The number of nitrogens with zero attached hydrogens (tertiary/aromatic N) is 1. The standard InChI is InChI=1S/C62H111NO8/c1-6-8-10-12-14-16-18-20-22-24-26-27-28-29-30-31-32-33-35-37-39-41-43-45-47-49-51-53-60(65)71-58(57-70-62(61(66)67)68-55-54-63(3,4)5)56-69-59(64)52-50-48-46-44-42-40-38-36-34-25-23-21-19-17-15-13-11-9-7-2/h8,10,14,16,20-23,26-27,58,62H,6-7,9,11-13,15,17-19,24-25,28-57H2,1-5H3/b10-8-,16-14-,22-20-,23-21-,27-26-. The van der Waals surface area contributed by atoms with Crippen LogP contribution in [0.5, 0.6) is 0 Å². The average Bonchev–Trinajstić information content (AvgIpc) is 3.34. The number of unbranched alkanes of at least 4 members (excludes halogenated alkanes) is 29. The summed E-state index contributed by atoms with van der Waals surface area (Å²) in [6, 6.07) is 0. The Labute approximate surface area is 437 Å². The smallest absolute Gasteiger partial charge is 0.306 e. The van der Waals surface area contributed by atoms with Crippen molar-refractivity contribution in [1.82, 2.24) is 0 Å². The fourth-order valence-electron chi connectivity index (χ4n) is 8.23. The van der Waals surface area contributed by atoms with Gasteiger partial charge in [0, 0.05) is 12.8 Å².